The van der Waals surface area contributed by atoms with E-state index in [9.17, 15) is 14.7 Å². The van der Waals surface area contributed by atoms with Gasteiger partial charge in [-0.05, 0) is 99.2 Å². The predicted molar refractivity (Wildman–Crippen MR) is 144 cm³/mol. The van der Waals surface area contributed by atoms with Crippen LogP contribution in [0.25, 0.3) is 11.1 Å². The summed E-state index contributed by atoms with van der Waals surface area (Å²) in [5, 5.41) is 14.7. The Bertz CT molecular complexity index is 1450. The Morgan fingerprint density at radius 2 is 1.97 bits per heavy atom. The number of carboxylic acid groups (broad SMARTS) is 1. The molecule has 0 atom stereocenters. The first-order valence-corrected chi connectivity index (χ1v) is 13.4. The molecule has 35 heavy (non-hydrogen) atoms. The molecule has 5 rings (SSSR count). The van der Waals surface area contributed by atoms with E-state index in [1.54, 1.807) is 17.4 Å². The highest BCUT2D eigenvalue weighted by atomic mass is 35.5. The molecule has 2 aliphatic rings. The number of carbonyl (C=O) groups excluding carboxylic acids is 1. The number of nitrogens with one attached hydrogen (secondary N) is 1. The Kier molecular flexibility index (Phi) is 6.38. The van der Waals surface area contributed by atoms with Crippen molar-refractivity contribution in [1.29, 1.82) is 0 Å². The molecule has 1 aromatic carbocycles. The molecule has 1 amide bonds. The fourth-order valence-electron chi connectivity index (χ4n) is 4.61. The second kappa shape index (κ2) is 9.33. The topological polar surface area (TPSA) is 83.7 Å². The molecule has 3 heterocycles. The average Bonchev–Trinajstić information content (AvgIpc) is 3.43. The van der Waals surface area contributed by atoms with E-state index in [1.807, 2.05) is 49.6 Å². The molecule has 1 saturated heterocycles. The van der Waals surface area contributed by atoms with Gasteiger partial charge in [-0.1, -0.05) is 17.7 Å². The molecule has 0 unspecified atom stereocenters. The van der Waals surface area contributed by atoms with Gasteiger partial charge in [0.25, 0.3) is 5.91 Å². The van der Waals surface area contributed by atoms with Crippen LogP contribution >= 0.6 is 34.7 Å². The quantitative estimate of drug-likeness (QED) is 0.376. The van der Waals surface area contributed by atoms with Crippen LogP contribution in [0.2, 0.25) is 5.02 Å². The number of benzene rings is 1. The molecule has 2 aromatic heterocycles. The number of thiophene rings is 1. The molecule has 1 aliphatic carbocycles. The van der Waals surface area contributed by atoms with Crippen molar-refractivity contribution in [1.82, 2.24) is 9.88 Å². The Labute approximate surface area is 216 Å². The second-order valence-corrected chi connectivity index (χ2v) is 11.3. The number of thioether (sulfide) groups is 1. The molecule has 6 nitrogen and oxygen atoms in total. The fraction of sp³-hybridized carbons (Fsp3) is 0.269. The number of hydrogen-bond acceptors (Lipinski definition) is 5. The lowest BCUT2D eigenvalue weighted by Gasteiger charge is -2.11. The summed E-state index contributed by atoms with van der Waals surface area (Å²) in [5.41, 5.74) is 5.79. The number of hydrogen-bond donors (Lipinski definition) is 2. The van der Waals surface area contributed by atoms with Crippen molar-refractivity contribution in [2.24, 2.45) is 4.99 Å². The van der Waals surface area contributed by atoms with E-state index in [2.05, 4.69) is 10.3 Å². The Morgan fingerprint density at radius 3 is 2.74 bits per heavy atom. The Morgan fingerprint density at radius 1 is 1.20 bits per heavy atom. The van der Waals surface area contributed by atoms with Crippen molar-refractivity contribution in [2.75, 3.05) is 0 Å². The zero-order valence-corrected chi connectivity index (χ0v) is 22.0. The standard InChI is InChI=1S/C26H24ClN3O3S2/c1-13-8-9-17(27)12-19(13)28-26-29-23(31)21(35-26)11-16-10-14(2)30(15(16)3)24-22(25(32)33)18-6-4-5-7-20(18)34-24/h8-12H,4-7H2,1-3H3,(H,32,33)(H,28,29,31)/b21-11-. The molecule has 1 aliphatic heterocycles. The molecule has 2 N–H and O–H groups in total. The van der Waals surface area contributed by atoms with Crippen LogP contribution in [0.4, 0.5) is 5.69 Å². The molecule has 0 radical (unpaired) electrons. The lowest BCUT2D eigenvalue weighted by atomic mass is 9.95. The van der Waals surface area contributed by atoms with Gasteiger partial charge < -0.3 is 15.0 Å². The first kappa shape index (κ1) is 23.9. The third-order valence-corrected chi connectivity index (χ3v) is 8.79. The molecule has 9 heteroatoms. The highest BCUT2D eigenvalue weighted by molar-refractivity contribution is 8.18. The van der Waals surface area contributed by atoms with Crippen LogP contribution in [0.1, 0.15) is 56.2 Å². The van der Waals surface area contributed by atoms with Gasteiger partial charge in [-0.3, -0.25) is 4.79 Å². The number of aromatic nitrogens is 1. The van der Waals surface area contributed by atoms with Gasteiger partial charge in [-0.15, -0.1) is 11.3 Å². The zero-order valence-electron chi connectivity index (χ0n) is 19.6. The van der Waals surface area contributed by atoms with E-state index in [0.717, 1.165) is 58.8 Å². The van der Waals surface area contributed by atoms with E-state index in [4.69, 9.17) is 11.6 Å². The van der Waals surface area contributed by atoms with Gasteiger partial charge in [0, 0.05) is 21.3 Å². The van der Waals surface area contributed by atoms with Crippen molar-refractivity contribution in [2.45, 2.75) is 46.5 Å². The first-order valence-electron chi connectivity index (χ1n) is 11.4. The molecule has 1 fully saturated rings. The summed E-state index contributed by atoms with van der Waals surface area (Å²) >= 11 is 8.96. The third kappa shape index (κ3) is 4.46. The van der Waals surface area contributed by atoms with Crippen molar-refractivity contribution in [3.05, 3.63) is 72.7 Å². The monoisotopic (exact) mass is 525 g/mol. The van der Waals surface area contributed by atoms with E-state index >= 15 is 0 Å². The van der Waals surface area contributed by atoms with Gasteiger partial charge in [0.1, 0.15) is 5.00 Å². The van der Waals surface area contributed by atoms with Crippen LogP contribution in [0.5, 0.6) is 0 Å². The largest absolute Gasteiger partial charge is 0.478 e. The smallest absolute Gasteiger partial charge is 0.339 e. The molecule has 180 valence electrons. The molecule has 0 saturated carbocycles. The Balaban J connectivity index is 1.51. The number of amidine groups is 1. The SMILES string of the molecule is Cc1ccc(Cl)cc1N=C1NC(=O)/C(=C/c2cc(C)n(-c3sc4c(c3C(=O)O)CCCC4)c2C)S1. The maximum Gasteiger partial charge on any atom is 0.339 e. The number of carboxylic acids is 1. The lowest BCUT2D eigenvalue weighted by molar-refractivity contribution is -0.115. The van der Waals surface area contributed by atoms with Crippen LogP contribution in [-0.2, 0) is 17.6 Å². The van der Waals surface area contributed by atoms with Crippen LogP contribution < -0.4 is 5.32 Å². The van der Waals surface area contributed by atoms with Crippen LogP contribution in [0.3, 0.4) is 0 Å². The molecular formula is C26H24ClN3O3S2. The van der Waals surface area contributed by atoms with Crippen LogP contribution in [-0.4, -0.2) is 26.7 Å². The number of aromatic carboxylic acids is 1. The number of carbonyl (C=O) groups is 2. The number of amides is 1. The summed E-state index contributed by atoms with van der Waals surface area (Å²) in [6.45, 7) is 5.87. The van der Waals surface area contributed by atoms with Gasteiger partial charge in [0.2, 0.25) is 0 Å². The van der Waals surface area contributed by atoms with E-state index in [0.29, 0.717) is 26.3 Å². The summed E-state index contributed by atoms with van der Waals surface area (Å²) < 4.78 is 2.01. The van der Waals surface area contributed by atoms with Crippen molar-refractivity contribution in [3.8, 4) is 5.00 Å². The third-order valence-electron chi connectivity index (χ3n) is 6.37. The highest BCUT2D eigenvalue weighted by Crippen LogP contribution is 2.39. The maximum absolute atomic E-state index is 12.7. The van der Waals surface area contributed by atoms with E-state index in [1.165, 1.54) is 16.6 Å². The number of aryl methyl sites for hydroxylation is 3. The van der Waals surface area contributed by atoms with Gasteiger partial charge in [-0.25, -0.2) is 9.79 Å². The predicted octanol–water partition coefficient (Wildman–Crippen LogP) is 6.59. The van der Waals surface area contributed by atoms with Gasteiger partial charge in [-0.2, -0.15) is 0 Å². The van der Waals surface area contributed by atoms with Crippen molar-refractivity contribution in [3.63, 3.8) is 0 Å². The van der Waals surface area contributed by atoms with Gasteiger partial charge in [0.15, 0.2) is 5.17 Å². The minimum atomic E-state index is -0.880. The number of aliphatic imine (C=N–C) groups is 1. The summed E-state index contributed by atoms with van der Waals surface area (Å²) in [7, 11) is 0. The summed E-state index contributed by atoms with van der Waals surface area (Å²) in [6.07, 6.45) is 5.71. The lowest BCUT2D eigenvalue weighted by Crippen LogP contribution is -2.19. The maximum atomic E-state index is 12.7. The van der Waals surface area contributed by atoms with E-state index < -0.39 is 5.97 Å². The summed E-state index contributed by atoms with van der Waals surface area (Å²) in [4.78, 5) is 31.2. The highest BCUT2D eigenvalue weighted by Gasteiger charge is 2.29. The molecule has 3 aromatic rings. The minimum absolute atomic E-state index is 0.212. The summed E-state index contributed by atoms with van der Waals surface area (Å²) in [6, 6.07) is 7.47. The molecular weight excluding hydrogens is 502 g/mol. The number of halogens is 1. The van der Waals surface area contributed by atoms with Gasteiger partial charge in [0.05, 0.1) is 16.2 Å². The van der Waals surface area contributed by atoms with E-state index in [-0.39, 0.29) is 5.91 Å². The Hall–Kier alpha value is -2.81. The molecule has 0 spiro atoms. The van der Waals surface area contributed by atoms with Crippen LogP contribution in [0, 0.1) is 20.8 Å². The number of rotatable bonds is 4. The molecule has 0 bridgehead atoms. The normalized spacial score (nSPS) is 17.8. The fourth-order valence-corrected chi connectivity index (χ4v) is 7.09. The minimum Gasteiger partial charge on any atom is -0.478 e. The van der Waals surface area contributed by atoms with Crippen LogP contribution in [0.15, 0.2) is 34.2 Å². The van der Waals surface area contributed by atoms with Crippen molar-refractivity contribution < 1.29 is 14.7 Å². The zero-order chi connectivity index (χ0) is 24.9. The second-order valence-electron chi connectivity index (χ2n) is 8.77. The average molecular weight is 526 g/mol. The van der Waals surface area contributed by atoms with Gasteiger partial charge >= 0.3 is 5.97 Å². The number of fused-ring (bicyclic) bond motifs is 1. The summed E-state index contributed by atoms with van der Waals surface area (Å²) in [5.74, 6) is -1.09. The number of nitrogens with zero attached hydrogens (tertiary/aromatic N) is 2. The van der Waals surface area contributed by atoms with Crippen molar-refractivity contribution >= 4 is 63.5 Å². The first-order chi connectivity index (χ1) is 16.7.